The van der Waals surface area contributed by atoms with Gasteiger partial charge in [-0.25, -0.2) is 0 Å². The third-order valence-electron chi connectivity index (χ3n) is 4.15. The van der Waals surface area contributed by atoms with E-state index in [1.807, 2.05) is 24.3 Å². The zero-order chi connectivity index (χ0) is 20.0. The maximum atomic E-state index is 10.8. The van der Waals surface area contributed by atoms with Gasteiger partial charge in [0, 0.05) is 39.5 Å². The number of H-pyrrole nitrogens is 1. The number of hydrogen-bond donors (Lipinski definition) is 1. The van der Waals surface area contributed by atoms with Crippen LogP contribution in [0.2, 0.25) is 0 Å². The van der Waals surface area contributed by atoms with Gasteiger partial charge in [-0.1, -0.05) is 13.8 Å². The Morgan fingerprint density at radius 2 is 1.41 bits per heavy atom. The van der Waals surface area contributed by atoms with Gasteiger partial charge in [-0.3, -0.25) is 9.59 Å². The van der Waals surface area contributed by atoms with E-state index >= 15 is 0 Å². The second-order valence-corrected chi connectivity index (χ2v) is 8.11. The third kappa shape index (κ3) is 6.04. The molecule has 0 bridgehead atoms. The van der Waals surface area contributed by atoms with E-state index < -0.39 is 0 Å². The fourth-order valence-electron chi connectivity index (χ4n) is 2.68. The lowest BCUT2D eigenvalue weighted by molar-refractivity contribution is -0.00775. The Hall–Kier alpha value is -2.46. The quantitative estimate of drug-likeness (QED) is 0.580. The standard InChI is InChI=1S/C14H9NO2.C9H20O/c16-7-9-1-3-13-11(5-9)12-6-10(8-17)2-4-14(12)15-13;1-8(2)6-7-10-9(3,4)5/h1-8,15H;8H,6-7H2,1-5H3. The van der Waals surface area contributed by atoms with Crippen LogP contribution in [0, 0.1) is 5.92 Å². The number of ether oxygens (including phenoxy) is 1. The molecule has 1 N–H and O–H groups in total. The number of carbonyl (C=O) groups excluding carboxylic acids is 2. The molecule has 2 aromatic carbocycles. The molecular weight excluding hydrogens is 338 g/mol. The summed E-state index contributed by atoms with van der Waals surface area (Å²) in [7, 11) is 0. The summed E-state index contributed by atoms with van der Waals surface area (Å²) < 4.78 is 5.54. The predicted molar refractivity (Wildman–Crippen MR) is 112 cm³/mol. The van der Waals surface area contributed by atoms with E-state index in [4.69, 9.17) is 4.74 Å². The van der Waals surface area contributed by atoms with Crippen molar-refractivity contribution in [3.05, 3.63) is 47.5 Å². The number of nitrogens with one attached hydrogen (secondary N) is 1. The Morgan fingerprint density at radius 3 is 1.78 bits per heavy atom. The van der Waals surface area contributed by atoms with E-state index in [9.17, 15) is 9.59 Å². The highest BCUT2D eigenvalue weighted by Crippen LogP contribution is 2.26. The van der Waals surface area contributed by atoms with Crippen LogP contribution in [0.5, 0.6) is 0 Å². The van der Waals surface area contributed by atoms with Crippen LogP contribution < -0.4 is 0 Å². The van der Waals surface area contributed by atoms with E-state index in [1.165, 1.54) is 0 Å². The number of aldehydes is 2. The first kappa shape index (κ1) is 20.8. The lowest BCUT2D eigenvalue weighted by Gasteiger charge is -2.19. The summed E-state index contributed by atoms with van der Waals surface area (Å²) in [5.41, 5.74) is 3.24. The monoisotopic (exact) mass is 367 g/mol. The smallest absolute Gasteiger partial charge is 0.150 e. The van der Waals surface area contributed by atoms with Crippen LogP contribution in [0.1, 0.15) is 61.8 Å². The molecule has 0 saturated carbocycles. The topological polar surface area (TPSA) is 59.2 Å². The first-order valence-corrected chi connectivity index (χ1v) is 9.33. The lowest BCUT2D eigenvalue weighted by atomic mass is 10.1. The summed E-state index contributed by atoms with van der Waals surface area (Å²) in [5.74, 6) is 0.752. The van der Waals surface area contributed by atoms with Gasteiger partial charge in [-0.15, -0.1) is 0 Å². The third-order valence-corrected chi connectivity index (χ3v) is 4.15. The molecule has 0 spiro atoms. The van der Waals surface area contributed by atoms with Crippen LogP contribution in [0.3, 0.4) is 0 Å². The first-order chi connectivity index (χ1) is 12.7. The zero-order valence-electron chi connectivity index (χ0n) is 16.8. The molecule has 3 rings (SSSR count). The van der Waals surface area contributed by atoms with Crippen molar-refractivity contribution >= 4 is 34.4 Å². The normalized spacial score (nSPS) is 11.5. The highest BCUT2D eigenvalue weighted by Gasteiger charge is 2.09. The SMILES string of the molecule is CC(C)CCOC(C)(C)C.O=Cc1ccc2[nH]c3ccc(C=O)cc3c2c1. The van der Waals surface area contributed by atoms with Crippen molar-refractivity contribution in [1.82, 2.24) is 4.98 Å². The number of rotatable bonds is 5. The molecule has 4 nitrogen and oxygen atoms in total. The minimum Gasteiger partial charge on any atom is -0.376 e. The molecule has 0 unspecified atom stereocenters. The van der Waals surface area contributed by atoms with Gasteiger partial charge in [0.2, 0.25) is 0 Å². The van der Waals surface area contributed by atoms with Gasteiger partial charge in [-0.2, -0.15) is 0 Å². The largest absolute Gasteiger partial charge is 0.376 e. The van der Waals surface area contributed by atoms with Crippen LogP contribution in [0.4, 0.5) is 0 Å². The van der Waals surface area contributed by atoms with Gasteiger partial charge < -0.3 is 9.72 Å². The molecular formula is C23H29NO3. The van der Waals surface area contributed by atoms with Crippen molar-refractivity contribution in [1.29, 1.82) is 0 Å². The van der Waals surface area contributed by atoms with E-state index in [-0.39, 0.29) is 5.60 Å². The van der Waals surface area contributed by atoms with Crippen LogP contribution in [0.25, 0.3) is 21.8 Å². The number of carbonyl (C=O) groups is 2. The Morgan fingerprint density at radius 1 is 0.926 bits per heavy atom. The number of aromatic nitrogens is 1. The summed E-state index contributed by atoms with van der Waals surface area (Å²) in [6, 6.07) is 10.9. The van der Waals surface area contributed by atoms with Gasteiger partial charge in [0.15, 0.2) is 0 Å². The van der Waals surface area contributed by atoms with E-state index in [0.29, 0.717) is 11.1 Å². The fourth-order valence-corrected chi connectivity index (χ4v) is 2.68. The van der Waals surface area contributed by atoms with Gasteiger partial charge in [0.05, 0.1) is 5.60 Å². The number of aromatic amines is 1. The van der Waals surface area contributed by atoms with Crippen molar-refractivity contribution in [3.8, 4) is 0 Å². The molecule has 4 heteroatoms. The van der Waals surface area contributed by atoms with Gasteiger partial charge in [0.1, 0.15) is 12.6 Å². The molecule has 144 valence electrons. The molecule has 0 atom stereocenters. The molecule has 1 aromatic heterocycles. The summed E-state index contributed by atoms with van der Waals surface area (Å²) in [5, 5.41) is 1.93. The molecule has 27 heavy (non-hydrogen) atoms. The summed E-state index contributed by atoms with van der Waals surface area (Å²) >= 11 is 0. The van der Waals surface area contributed by atoms with Crippen molar-refractivity contribution in [3.63, 3.8) is 0 Å². The highest BCUT2D eigenvalue weighted by atomic mass is 16.5. The Labute approximate surface area is 160 Å². The average Bonchev–Trinajstić information content (AvgIpc) is 2.97. The van der Waals surface area contributed by atoms with Crippen LogP contribution in [-0.2, 0) is 4.74 Å². The van der Waals surface area contributed by atoms with Crippen LogP contribution >= 0.6 is 0 Å². The van der Waals surface area contributed by atoms with Crippen molar-refractivity contribution < 1.29 is 14.3 Å². The Bertz CT molecular complexity index is 854. The van der Waals surface area contributed by atoms with Gasteiger partial charge in [0.25, 0.3) is 0 Å². The summed E-state index contributed by atoms with van der Waals surface area (Å²) in [6.07, 6.45) is 2.81. The molecule has 0 saturated heterocycles. The molecule has 0 amide bonds. The van der Waals surface area contributed by atoms with E-state index in [0.717, 1.165) is 53.3 Å². The first-order valence-electron chi connectivity index (χ1n) is 9.33. The molecule has 1 heterocycles. The second-order valence-electron chi connectivity index (χ2n) is 8.11. The number of benzene rings is 2. The molecule has 0 fully saturated rings. The average molecular weight is 367 g/mol. The van der Waals surface area contributed by atoms with Gasteiger partial charge in [-0.05, 0) is 69.5 Å². The van der Waals surface area contributed by atoms with E-state index in [1.54, 1.807) is 12.1 Å². The molecule has 0 aliphatic heterocycles. The van der Waals surface area contributed by atoms with E-state index in [2.05, 4.69) is 39.6 Å². The van der Waals surface area contributed by atoms with Crippen LogP contribution in [-0.4, -0.2) is 29.8 Å². The number of fused-ring (bicyclic) bond motifs is 3. The molecule has 0 radical (unpaired) electrons. The Kier molecular flexibility index (Phi) is 6.92. The minimum atomic E-state index is 0.0366. The maximum absolute atomic E-state index is 10.8. The highest BCUT2D eigenvalue weighted by molar-refractivity contribution is 6.09. The number of hydrogen-bond acceptors (Lipinski definition) is 3. The maximum Gasteiger partial charge on any atom is 0.150 e. The van der Waals surface area contributed by atoms with Crippen LogP contribution in [0.15, 0.2) is 36.4 Å². The second kappa shape index (κ2) is 8.96. The summed E-state index contributed by atoms with van der Waals surface area (Å²) in [4.78, 5) is 24.8. The molecule has 0 aliphatic rings. The molecule has 3 aromatic rings. The molecule has 0 aliphatic carbocycles. The minimum absolute atomic E-state index is 0.0366. The summed E-state index contributed by atoms with van der Waals surface area (Å²) in [6.45, 7) is 11.6. The fraction of sp³-hybridized carbons (Fsp3) is 0.391. The van der Waals surface area contributed by atoms with Crippen molar-refractivity contribution in [2.45, 2.75) is 46.6 Å². The Balaban J connectivity index is 0.000000227. The lowest BCUT2D eigenvalue weighted by Crippen LogP contribution is -2.20. The van der Waals surface area contributed by atoms with Crippen molar-refractivity contribution in [2.24, 2.45) is 5.92 Å². The predicted octanol–water partition coefficient (Wildman–Crippen LogP) is 5.79. The zero-order valence-corrected chi connectivity index (χ0v) is 16.8. The van der Waals surface area contributed by atoms with Crippen molar-refractivity contribution in [2.75, 3.05) is 6.61 Å². The van der Waals surface area contributed by atoms with Gasteiger partial charge >= 0.3 is 0 Å².